The van der Waals surface area contributed by atoms with Gasteiger partial charge >= 0.3 is 6.09 Å². The van der Waals surface area contributed by atoms with Crippen molar-refractivity contribution in [1.82, 2.24) is 5.32 Å². The van der Waals surface area contributed by atoms with Crippen LogP contribution in [0.15, 0.2) is 40.6 Å². The van der Waals surface area contributed by atoms with Gasteiger partial charge in [0.1, 0.15) is 12.7 Å². The number of nitrogens with one attached hydrogen (secondary N) is 1. The van der Waals surface area contributed by atoms with E-state index in [0.717, 1.165) is 12.0 Å². The zero-order valence-corrected chi connectivity index (χ0v) is 18.8. The molecule has 0 bridgehead atoms. The normalized spacial score (nSPS) is 31.9. The lowest BCUT2D eigenvalue weighted by Crippen LogP contribution is -2.57. The predicted octanol–water partition coefficient (Wildman–Crippen LogP) is 3.07. The Morgan fingerprint density at radius 3 is 2.59 bits per heavy atom. The summed E-state index contributed by atoms with van der Waals surface area (Å²) in [6, 6.07) is 7.15. The van der Waals surface area contributed by atoms with Gasteiger partial charge in [0, 0.05) is 9.82 Å². The molecule has 34 heavy (non-hydrogen) atoms. The number of ether oxygens (including phenoxy) is 3. The molecule has 2 fully saturated rings. The molecular formula is C21H29N7O6. The average molecular weight is 476 g/mol. The van der Waals surface area contributed by atoms with E-state index in [2.05, 4.69) is 25.4 Å². The minimum atomic E-state index is -1.44. The third-order valence-corrected chi connectivity index (χ3v) is 6.02. The second-order valence-electron chi connectivity index (χ2n) is 8.39. The summed E-state index contributed by atoms with van der Waals surface area (Å²) in [4.78, 5) is 17.6. The van der Waals surface area contributed by atoms with Crippen LogP contribution < -0.4 is 5.32 Å². The van der Waals surface area contributed by atoms with E-state index in [1.165, 1.54) is 0 Å². The predicted molar refractivity (Wildman–Crippen MR) is 119 cm³/mol. The van der Waals surface area contributed by atoms with Gasteiger partial charge in [0.05, 0.1) is 36.4 Å². The van der Waals surface area contributed by atoms with Crippen LogP contribution in [0.3, 0.4) is 0 Å². The van der Waals surface area contributed by atoms with E-state index in [1.54, 1.807) is 6.92 Å². The van der Waals surface area contributed by atoms with Crippen LogP contribution in [0.4, 0.5) is 4.79 Å². The summed E-state index contributed by atoms with van der Waals surface area (Å²) in [7, 11) is 0. The number of rotatable bonds is 8. The van der Waals surface area contributed by atoms with Crippen molar-refractivity contribution < 1.29 is 29.2 Å². The molecule has 184 valence electrons. The lowest BCUT2D eigenvalue weighted by atomic mass is 9.84. The molecule has 0 spiro atoms. The van der Waals surface area contributed by atoms with Crippen molar-refractivity contribution in [1.29, 1.82) is 0 Å². The van der Waals surface area contributed by atoms with Gasteiger partial charge in [0.15, 0.2) is 6.29 Å². The molecule has 1 aliphatic carbocycles. The zero-order valence-electron chi connectivity index (χ0n) is 18.8. The zero-order chi connectivity index (χ0) is 24.5. The second-order valence-corrected chi connectivity index (χ2v) is 8.39. The highest BCUT2D eigenvalue weighted by Gasteiger charge is 2.45. The quantitative estimate of drug-likeness (QED) is 0.293. The maximum absolute atomic E-state index is 12.2. The van der Waals surface area contributed by atoms with Gasteiger partial charge in [0.25, 0.3) is 0 Å². The topological polar surface area (TPSA) is 195 Å². The number of carbonyl (C=O) groups excluding carboxylic acids is 1. The molecule has 1 aromatic rings. The molecule has 0 radical (unpaired) electrons. The van der Waals surface area contributed by atoms with Crippen LogP contribution in [0.25, 0.3) is 20.9 Å². The number of hydrogen-bond acceptors (Lipinski definition) is 8. The number of amides is 1. The van der Waals surface area contributed by atoms with E-state index in [4.69, 9.17) is 25.3 Å². The highest BCUT2D eigenvalue weighted by atomic mass is 16.7. The molecule has 13 heteroatoms. The van der Waals surface area contributed by atoms with Crippen LogP contribution in [0.2, 0.25) is 0 Å². The van der Waals surface area contributed by atoms with Crippen molar-refractivity contribution in [2.24, 2.45) is 10.2 Å². The highest BCUT2D eigenvalue weighted by molar-refractivity contribution is 5.67. The van der Waals surface area contributed by atoms with Crippen molar-refractivity contribution in [2.45, 2.75) is 88.0 Å². The van der Waals surface area contributed by atoms with Crippen LogP contribution in [0.5, 0.6) is 0 Å². The Hall–Kier alpha value is -3.05. The van der Waals surface area contributed by atoms with Crippen molar-refractivity contribution in [3.63, 3.8) is 0 Å². The first-order valence-electron chi connectivity index (χ1n) is 11.2. The van der Waals surface area contributed by atoms with Crippen LogP contribution in [-0.2, 0) is 20.8 Å². The van der Waals surface area contributed by atoms with E-state index >= 15 is 0 Å². The Morgan fingerprint density at radius 1 is 1.18 bits per heavy atom. The number of nitrogens with zero attached hydrogens (tertiary/aromatic N) is 6. The van der Waals surface area contributed by atoms with Gasteiger partial charge in [-0.1, -0.05) is 40.6 Å². The molecule has 3 rings (SSSR count). The number of carbonyl (C=O) groups is 1. The number of benzene rings is 1. The van der Waals surface area contributed by atoms with Gasteiger partial charge < -0.3 is 29.7 Å². The fourth-order valence-electron chi connectivity index (χ4n) is 4.21. The number of azide groups is 2. The average Bonchev–Trinajstić information content (AvgIpc) is 2.84. The van der Waals surface area contributed by atoms with Gasteiger partial charge in [-0.25, -0.2) is 4.79 Å². The summed E-state index contributed by atoms with van der Waals surface area (Å²) in [5.74, 6) is 0. The molecule has 1 amide bonds. The minimum Gasteiger partial charge on any atom is -0.445 e. The first-order valence-corrected chi connectivity index (χ1v) is 11.2. The Kier molecular flexibility index (Phi) is 9.34. The SMILES string of the molecule is CC(NC(=O)OCc1ccccc1)[C@@H]1CCC[C@@H](O[C@H]2[C@H](O)[C@@H](O)[C@H](N=[N+]=[N-])C[C@@H]2N=[N+]=[N-])O1. The smallest absolute Gasteiger partial charge is 0.407 e. The first-order chi connectivity index (χ1) is 16.4. The monoisotopic (exact) mass is 475 g/mol. The molecular weight excluding hydrogens is 446 g/mol. The highest BCUT2D eigenvalue weighted by Crippen LogP contribution is 2.31. The van der Waals surface area contributed by atoms with E-state index in [-0.39, 0.29) is 25.2 Å². The summed E-state index contributed by atoms with van der Waals surface area (Å²) in [6.07, 6.45) is -3.58. The van der Waals surface area contributed by atoms with E-state index in [1.807, 2.05) is 30.3 Å². The molecule has 1 aliphatic heterocycles. The molecule has 2 aliphatic rings. The number of aliphatic hydroxyl groups is 2. The molecule has 8 atom stereocenters. The van der Waals surface area contributed by atoms with Crippen molar-refractivity contribution in [3.05, 3.63) is 56.8 Å². The molecule has 1 saturated carbocycles. The first kappa shape index (κ1) is 25.6. The fraction of sp³-hybridized carbons (Fsp3) is 0.667. The standard InChI is InChI=1S/C21H29N7O6/c1-12(24-21(31)32-11-13-6-3-2-4-7-13)16-8-5-9-17(33-16)34-20-15(26-28-23)10-14(25-27-22)18(29)19(20)30/h2-4,6-7,12,14-20,29-30H,5,8-11H2,1H3,(H,24,31)/t12?,14-,15+,16+,17-,18+,19-,20-/m1/s1. The molecule has 1 heterocycles. The fourth-order valence-corrected chi connectivity index (χ4v) is 4.21. The van der Waals surface area contributed by atoms with E-state index in [9.17, 15) is 15.0 Å². The summed E-state index contributed by atoms with van der Waals surface area (Å²) < 4.78 is 17.2. The molecule has 13 nitrogen and oxygen atoms in total. The van der Waals surface area contributed by atoms with Gasteiger partial charge in [-0.3, -0.25) is 0 Å². The second kappa shape index (κ2) is 12.4. The van der Waals surface area contributed by atoms with Crippen LogP contribution in [-0.4, -0.2) is 65.1 Å². The van der Waals surface area contributed by atoms with Crippen LogP contribution >= 0.6 is 0 Å². The largest absolute Gasteiger partial charge is 0.445 e. The van der Waals surface area contributed by atoms with Crippen molar-refractivity contribution in [3.8, 4) is 0 Å². The number of aliphatic hydroxyl groups excluding tert-OH is 2. The molecule has 1 saturated heterocycles. The minimum absolute atomic E-state index is 0.0262. The molecule has 3 N–H and O–H groups in total. The van der Waals surface area contributed by atoms with E-state index in [0.29, 0.717) is 12.8 Å². The molecule has 1 aromatic carbocycles. The van der Waals surface area contributed by atoms with Gasteiger partial charge in [-0.2, -0.15) is 0 Å². The van der Waals surface area contributed by atoms with Gasteiger partial charge in [-0.15, -0.1) is 0 Å². The van der Waals surface area contributed by atoms with E-state index < -0.39 is 42.8 Å². The number of alkyl carbamates (subject to hydrolysis) is 1. The van der Waals surface area contributed by atoms with Crippen LogP contribution in [0.1, 0.15) is 38.2 Å². The third kappa shape index (κ3) is 6.73. The maximum Gasteiger partial charge on any atom is 0.407 e. The maximum atomic E-state index is 12.2. The summed E-state index contributed by atoms with van der Waals surface area (Å²) in [5.41, 5.74) is 18.4. The Bertz CT molecular complexity index is 908. The molecule has 1 unspecified atom stereocenters. The summed E-state index contributed by atoms with van der Waals surface area (Å²) in [5, 5.41) is 30.7. The third-order valence-electron chi connectivity index (χ3n) is 6.02. The van der Waals surface area contributed by atoms with Crippen molar-refractivity contribution >= 4 is 6.09 Å². The Balaban J connectivity index is 1.55. The van der Waals surface area contributed by atoms with Crippen molar-refractivity contribution in [2.75, 3.05) is 0 Å². The summed E-state index contributed by atoms with van der Waals surface area (Å²) >= 11 is 0. The Morgan fingerprint density at radius 2 is 1.88 bits per heavy atom. The summed E-state index contributed by atoms with van der Waals surface area (Å²) in [6.45, 7) is 1.94. The lowest BCUT2D eigenvalue weighted by Gasteiger charge is -2.42. The Labute approximate surface area is 196 Å². The van der Waals surface area contributed by atoms with Gasteiger partial charge in [-0.05, 0) is 49.2 Å². The van der Waals surface area contributed by atoms with Gasteiger partial charge in [0.2, 0.25) is 0 Å². The number of hydrogen-bond donors (Lipinski definition) is 3. The lowest BCUT2D eigenvalue weighted by molar-refractivity contribution is -0.250. The van der Waals surface area contributed by atoms with Crippen LogP contribution in [0, 0.1) is 0 Å². The molecule has 0 aromatic heterocycles.